The van der Waals surface area contributed by atoms with E-state index in [1.165, 1.54) is 0 Å². The molecular formula is C14H22N2O2. The van der Waals surface area contributed by atoms with Crippen molar-refractivity contribution in [2.75, 3.05) is 12.3 Å². The lowest BCUT2D eigenvalue weighted by Crippen LogP contribution is -2.50. The molecule has 0 atom stereocenters. The van der Waals surface area contributed by atoms with Crippen LogP contribution in [0.4, 0.5) is 5.69 Å². The Hall–Kier alpha value is -1.55. The molecule has 1 amide bonds. The second-order valence-electron chi connectivity index (χ2n) is 4.64. The summed E-state index contributed by atoms with van der Waals surface area (Å²) in [5.74, 6) is -0.228. The number of nitrogens with one attached hydrogen (secondary N) is 1. The van der Waals surface area contributed by atoms with Crippen LogP contribution in [-0.4, -0.2) is 23.2 Å². The first-order valence-corrected chi connectivity index (χ1v) is 6.28. The number of para-hydroxylation sites is 1. The SMILES string of the molecule is CCC(CC)(CO)NC(=O)c1cccc(C)c1N. The summed E-state index contributed by atoms with van der Waals surface area (Å²) in [7, 11) is 0. The molecule has 0 aliphatic heterocycles. The van der Waals surface area contributed by atoms with Crippen molar-refractivity contribution in [1.29, 1.82) is 0 Å². The molecule has 100 valence electrons. The highest BCUT2D eigenvalue weighted by Crippen LogP contribution is 2.19. The lowest BCUT2D eigenvalue weighted by molar-refractivity contribution is 0.0818. The number of carbonyl (C=O) groups is 1. The van der Waals surface area contributed by atoms with Crippen molar-refractivity contribution in [3.63, 3.8) is 0 Å². The molecule has 0 bridgehead atoms. The summed E-state index contributed by atoms with van der Waals surface area (Å²) in [4.78, 5) is 12.2. The molecule has 0 unspecified atom stereocenters. The molecule has 0 aromatic heterocycles. The number of hydrogen-bond acceptors (Lipinski definition) is 3. The van der Waals surface area contributed by atoms with Gasteiger partial charge in [0.25, 0.3) is 5.91 Å². The molecule has 0 aliphatic carbocycles. The van der Waals surface area contributed by atoms with E-state index in [2.05, 4.69) is 5.32 Å². The lowest BCUT2D eigenvalue weighted by Gasteiger charge is -2.31. The van der Waals surface area contributed by atoms with E-state index in [1.54, 1.807) is 12.1 Å². The maximum Gasteiger partial charge on any atom is 0.253 e. The molecule has 0 aliphatic rings. The smallest absolute Gasteiger partial charge is 0.253 e. The predicted octanol–water partition coefficient (Wildman–Crippen LogP) is 1.86. The fourth-order valence-corrected chi connectivity index (χ4v) is 1.88. The minimum atomic E-state index is -0.562. The van der Waals surface area contributed by atoms with Gasteiger partial charge in [0, 0.05) is 5.69 Å². The second kappa shape index (κ2) is 5.87. The van der Waals surface area contributed by atoms with E-state index in [4.69, 9.17) is 5.73 Å². The van der Waals surface area contributed by atoms with Crippen LogP contribution < -0.4 is 11.1 Å². The number of aryl methyl sites for hydroxylation is 1. The number of aliphatic hydroxyl groups excluding tert-OH is 1. The molecule has 0 spiro atoms. The molecular weight excluding hydrogens is 228 g/mol. The molecule has 1 aromatic rings. The Bertz CT molecular complexity index is 418. The number of anilines is 1. The molecule has 0 radical (unpaired) electrons. The van der Waals surface area contributed by atoms with Crippen LogP contribution in [0.25, 0.3) is 0 Å². The normalized spacial score (nSPS) is 11.3. The number of aliphatic hydroxyl groups is 1. The zero-order valence-corrected chi connectivity index (χ0v) is 11.3. The van der Waals surface area contributed by atoms with Crippen LogP contribution in [-0.2, 0) is 0 Å². The van der Waals surface area contributed by atoms with Gasteiger partial charge in [-0.2, -0.15) is 0 Å². The van der Waals surface area contributed by atoms with E-state index in [9.17, 15) is 9.90 Å². The maximum absolute atomic E-state index is 12.2. The predicted molar refractivity (Wildman–Crippen MR) is 73.5 cm³/mol. The van der Waals surface area contributed by atoms with Crippen LogP contribution in [0.5, 0.6) is 0 Å². The van der Waals surface area contributed by atoms with E-state index < -0.39 is 5.54 Å². The Labute approximate surface area is 108 Å². The third kappa shape index (κ3) is 2.82. The topological polar surface area (TPSA) is 75.3 Å². The highest BCUT2D eigenvalue weighted by molar-refractivity contribution is 6.00. The van der Waals surface area contributed by atoms with Crippen LogP contribution in [0.2, 0.25) is 0 Å². The van der Waals surface area contributed by atoms with Crippen molar-refractivity contribution in [3.05, 3.63) is 29.3 Å². The number of amides is 1. The Kier molecular flexibility index (Phi) is 4.73. The molecule has 4 N–H and O–H groups in total. The number of hydrogen-bond donors (Lipinski definition) is 3. The van der Waals surface area contributed by atoms with Gasteiger partial charge in [0.1, 0.15) is 0 Å². The van der Waals surface area contributed by atoms with Crippen LogP contribution in [0.1, 0.15) is 42.6 Å². The summed E-state index contributed by atoms with van der Waals surface area (Å²) in [5, 5.41) is 12.3. The fraction of sp³-hybridized carbons (Fsp3) is 0.500. The summed E-state index contributed by atoms with van der Waals surface area (Å²) in [5.41, 5.74) is 7.18. The molecule has 1 rings (SSSR count). The van der Waals surface area contributed by atoms with Gasteiger partial charge in [-0.25, -0.2) is 0 Å². The first-order valence-electron chi connectivity index (χ1n) is 6.28. The summed E-state index contributed by atoms with van der Waals surface area (Å²) in [6.07, 6.45) is 1.36. The molecule has 0 heterocycles. The number of carbonyl (C=O) groups excluding carboxylic acids is 1. The fourth-order valence-electron chi connectivity index (χ4n) is 1.88. The van der Waals surface area contributed by atoms with Crippen molar-refractivity contribution >= 4 is 11.6 Å². The van der Waals surface area contributed by atoms with Gasteiger partial charge in [-0.1, -0.05) is 26.0 Å². The highest BCUT2D eigenvalue weighted by Gasteiger charge is 2.28. The lowest BCUT2D eigenvalue weighted by atomic mass is 9.93. The van der Waals surface area contributed by atoms with E-state index in [0.29, 0.717) is 24.1 Å². The molecule has 1 aromatic carbocycles. The summed E-state index contributed by atoms with van der Waals surface area (Å²) in [6, 6.07) is 5.37. The van der Waals surface area contributed by atoms with E-state index in [0.717, 1.165) is 5.56 Å². The molecule has 4 heteroatoms. The van der Waals surface area contributed by atoms with Gasteiger partial charge in [0.15, 0.2) is 0 Å². The van der Waals surface area contributed by atoms with Crippen molar-refractivity contribution in [3.8, 4) is 0 Å². The largest absolute Gasteiger partial charge is 0.398 e. The molecule has 0 fully saturated rings. The Morgan fingerprint density at radius 2 is 2.00 bits per heavy atom. The standard InChI is InChI=1S/C14H22N2O2/c1-4-14(5-2,9-17)16-13(18)11-8-6-7-10(3)12(11)15/h6-8,17H,4-5,9,15H2,1-3H3,(H,16,18). The monoisotopic (exact) mass is 250 g/mol. The van der Waals surface area contributed by atoms with Crippen LogP contribution in [0.15, 0.2) is 18.2 Å². The summed E-state index contributed by atoms with van der Waals surface area (Å²) >= 11 is 0. The maximum atomic E-state index is 12.2. The first kappa shape index (κ1) is 14.5. The average Bonchev–Trinajstić information content (AvgIpc) is 2.39. The first-order chi connectivity index (χ1) is 8.49. The minimum absolute atomic E-state index is 0.0720. The Balaban J connectivity index is 2.98. The Morgan fingerprint density at radius 3 is 2.50 bits per heavy atom. The van der Waals surface area contributed by atoms with Gasteiger partial charge in [0.2, 0.25) is 0 Å². The molecule has 4 nitrogen and oxygen atoms in total. The zero-order valence-electron chi connectivity index (χ0n) is 11.3. The third-order valence-corrected chi connectivity index (χ3v) is 3.60. The van der Waals surface area contributed by atoms with Gasteiger partial charge in [-0.05, 0) is 31.4 Å². The van der Waals surface area contributed by atoms with E-state index in [1.807, 2.05) is 26.8 Å². The van der Waals surface area contributed by atoms with Gasteiger partial charge >= 0.3 is 0 Å². The number of rotatable bonds is 5. The number of nitrogen functional groups attached to an aromatic ring is 1. The van der Waals surface area contributed by atoms with Crippen molar-refractivity contribution in [1.82, 2.24) is 5.32 Å². The second-order valence-corrected chi connectivity index (χ2v) is 4.64. The summed E-state index contributed by atoms with van der Waals surface area (Å²) < 4.78 is 0. The van der Waals surface area contributed by atoms with Gasteiger partial charge in [0.05, 0.1) is 17.7 Å². The van der Waals surface area contributed by atoms with Crippen molar-refractivity contribution in [2.45, 2.75) is 39.2 Å². The van der Waals surface area contributed by atoms with Gasteiger partial charge in [-0.15, -0.1) is 0 Å². The van der Waals surface area contributed by atoms with E-state index in [-0.39, 0.29) is 12.5 Å². The van der Waals surface area contributed by atoms with Crippen molar-refractivity contribution < 1.29 is 9.90 Å². The molecule has 18 heavy (non-hydrogen) atoms. The van der Waals surface area contributed by atoms with E-state index >= 15 is 0 Å². The summed E-state index contributed by atoms with van der Waals surface area (Å²) in [6.45, 7) is 5.68. The van der Waals surface area contributed by atoms with Gasteiger partial charge < -0.3 is 16.2 Å². The van der Waals surface area contributed by atoms with Crippen LogP contribution >= 0.6 is 0 Å². The number of benzene rings is 1. The molecule has 0 saturated heterocycles. The van der Waals surface area contributed by atoms with Crippen LogP contribution in [0, 0.1) is 6.92 Å². The van der Waals surface area contributed by atoms with Crippen LogP contribution in [0.3, 0.4) is 0 Å². The zero-order chi connectivity index (χ0) is 13.8. The quantitative estimate of drug-likeness (QED) is 0.698. The molecule has 0 saturated carbocycles. The minimum Gasteiger partial charge on any atom is -0.398 e. The van der Waals surface area contributed by atoms with Crippen molar-refractivity contribution in [2.24, 2.45) is 0 Å². The third-order valence-electron chi connectivity index (χ3n) is 3.60. The highest BCUT2D eigenvalue weighted by atomic mass is 16.3. The van der Waals surface area contributed by atoms with Gasteiger partial charge in [-0.3, -0.25) is 4.79 Å². The Morgan fingerprint density at radius 1 is 1.39 bits per heavy atom. The number of nitrogens with two attached hydrogens (primary N) is 1. The average molecular weight is 250 g/mol.